The van der Waals surface area contributed by atoms with Crippen LogP contribution in [0, 0.1) is 17.5 Å². The summed E-state index contributed by atoms with van der Waals surface area (Å²) in [7, 11) is 1.49. The Labute approximate surface area is 163 Å². The van der Waals surface area contributed by atoms with Gasteiger partial charge in [-0.15, -0.1) is 0 Å². The van der Waals surface area contributed by atoms with E-state index >= 15 is 0 Å². The summed E-state index contributed by atoms with van der Waals surface area (Å²) in [5.74, 6) is -4.43. The first kappa shape index (κ1) is 20.7. The molecule has 29 heavy (non-hydrogen) atoms. The van der Waals surface area contributed by atoms with Gasteiger partial charge in [0.1, 0.15) is 5.75 Å². The number of methoxy groups -OCH3 is 1. The molecule has 0 fully saturated rings. The minimum Gasteiger partial charge on any atom is -0.497 e. The second kappa shape index (κ2) is 7.40. The van der Waals surface area contributed by atoms with E-state index in [1.165, 1.54) is 21.0 Å². The third-order valence-electron chi connectivity index (χ3n) is 4.39. The van der Waals surface area contributed by atoms with E-state index in [-0.39, 0.29) is 6.54 Å². The molecule has 0 bridgehead atoms. The predicted octanol–water partition coefficient (Wildman–Crippen LogP) is 2.41. The van der Waals surface area contributed by atoms with E-state index in [9.17, 15) is 27.9 Å². The highest BCUT2D eigenvalue weighted by molar-refractivity contribution is 5.79. The van der Waals surface area contributed by atoms with Crippen molar-refractivity contribution in [2.24, 2.45) is 0 Å². The van der Waals surface area contributed by atoms with Crippen LogP contribution in [0.25, 0.3) is 10.9 Å². The first-order valence-electron chi connectivity index (χ1n) is 8.69. The predicted molar refractivity (Wildman–Crippen MR) is 101 cm³/mol. The van der Waals surface area contributed by atoms with Crippen LogP contribution in [0.5, 0.6) is 5.75 Å². The molecule has 0 saturated carbocycles. The molecule has 1 heterocycles. The first-order valence-corrected chi connectivity index (χ1v) is 8.69. The summed E-state index contributed by atoms with van der Waals surface area (Å²) in [4.78, 5) is 25.8. The van der Waals surface area contributed by atoms with Gasteiger partial charge in [0.05, 0.1) is 36.7 Å². The zero-order chi connectivity index (χ0) is 21.5. The summed E-state index contributed by atoms with van der Waals surface area (Å²) in [6, 6.07) is 7.07. The SMILES string of the molecule is COc1ccc(Cn2c(=O)c3cc(F)c(F)c(F)c3n(CC(C)(C)O)c2=O)cc1. The van der Waals surface area contributed by atoms with Crippen LogP contribution in [0.1, 0.15) is 19.4 Å². The van der Waals surface area contributed by atoms with E-state index in [4.69, 9.17) is 4.74 Å². The average Bonchev–Trinajstić information content (AvgIpc) is 2.66. The quantitative estimate of drug-likeness (QED) is 0.658. The Bertz CT molecular complexity index is 1190. The normalized spacial score (nSPS) is 11.8. The van der Waals surface area contributed by atoms with E-state index in [2.05, 4.69) is 0 Å². The summed E-state index contributed by atoms with van der Waals surface area (Å²) in [6.45, 7) is 2.10. The van der Waals surface area contributed by atoms with Crippen molar-refractivity contribution in [3.63, 3.8) is 0 Å². The highest BCUT2D eigenvalue weighted by atomic mass is 19.2. The molecule has 0 radical (unpaired) electrons. The molecule has 0 unspecified atom stereocenters. The molecule has 0 aliphatic heterocycles. The molecule has 0 amide bonds. The van der Waals surface area contributed by atoms with Crippen LogP contribution in [0.4, 0.5) is 13.2 Å². The fourth-order valence-corrected chi connectivity index (χ4v) is 3.07. The van der Waals surface area contributed by atoms with Crippen molar-refractivity contribution >= 4 is 10.9 Å². The number of benzene rings is 2. The highest BCUT2D eigenvalue weighted by Crippen LogP contribution is 2.21. The fourth-order valence-electron chi connectivity index (χ4n) is 3.07. The monoisotopic (exact) mass is 408 g/mol. The van der Waals surface area contributed by atoms with Crippen molar-refractivity contribution in [1.29, 1.82) is 0 Å². The lowest BCUT2D eigenvalue weighted by Gasteiger charge is -2.22. The van der Waals surface area contributed by atoms with Gasteiger partial charge in [-0.25, -0.2) is 18.0 Å². The summed E-state index contributed by atoms with van der Waals surface area (Å²) >= 11 is 0. The lowest BCUT2D eigenvalue weighted by Crippen LogP contribution is -2.44. The maximum absolute atomic E-state index is 14.5. The van der Waals surface area contributed by atoms with Crippen LogP contribution in [0.2, 0.25) is 0 Å². The zero-order valence-corrected chi connectivity index (χ0v) is 16.0. The maximum atomic E-state index is 14.5. The van der Waals surface area contributed by atoms with Crippen LogP contribution in [-0.2, 0) is 13.1 Å². The summed E-state index contributed by atoms with van der Waals surface area (Å²) < 4.78 is 48.7. The molecule has 0 saturated heterocycles. The minimum atomic E-state index is -1.80. The second-order valence-electron chi connectivity index (χ2n) is 7.30. The summed E-state index contributed by atoms with van der Waals surface area (Å²) in [6.07, 6.45) is 0. The molecular formula is C20H19F3N2O4. The lowest BCUT2D eigenvalue weighted by molar-refractivity contribution is 0.0608. The molecule has 0 aliphatic carbocycles. The minimum absolute atomic E-state index is 0.190. The fraction of sp³-hybridized carbons (Fsp3) is 0.300. The zero-order valence-electron chi connectivity index (χ0n) is 16.0. The Kier molecular flexibility index (Phi) is 5.27. The Balaban J connectivity index is 2.31. The Morgan fingerprint density at radius 3 is 2.21 bits per heavy atom. The molecule has 0 atom stereocenters. The van der Waals surface area contributed by atoms with Gasteiger partial charge < -0.3 is 9.84 Å². The van der Waals surface area contributed by atoms with Gasteiger partial charge in [-0.2, -0.15) is 0 Å². The molecule has 154 valence electrons. The molecule has 3 aromatic rings. The molecule has 1 aromatic heterocycles. The molecule has 6 nitrogen and oxygen atoms in total. The van der Waals surface area contributed by atoms with Gasteiger partial charge in [-0.05, 0) is 37.6 Å². The van der Waals surface area contributed by atoms with E-state index in [0.717, 1.165) is 9.13 Å². The van der Waals surface area contributed by atoms with Crippen molar-refractivity contribution in [3.8, 4) is 5.75 Å². The number of ether oxygens (including phenoxy) is 1. The van der Waals surface area contributed by atoms with Gasteiger partial charge in [0, 0.05) is 0 Å². The van der Waals surface area contributed by atoms with Gasteiger partial charge >= 0.3 is 5.69 Å². The van der Waals surface area contributed by atoms with E-state index in [1.54, 1.807) is 24.3 Å². The van der Waals surface area contributed by atoms with E-state index < -0.39 is 51.7 Å². The van der Waals surface area contributed by atoms with Crippen LogP contribution in [0.15, 0.2) is 39.9 Å². The maximum Gasteiger partial charge on any atom is 0.331 e. The molecule has 9 heteroatoms. The summed E-state index contributed by atoms with van der Waals surface area (Å²) in [5, 5.41) is 9.62. The first-order chi connectivity index (χ1) is 13.5. The molecule has 2 aromatic carbocycles. The number of aromatic nitrogens is 2. The number of nitrogens with zero attached hydrogens (tertiary/aromatic N) is 2. The lowest BCUT2D eigenvalue weighted by atomic mass is 10.1. The molecule has 0 spiro atoms. The number of hydrogen-bond acceptors (Lipinski definition) is 4. The molecule has 3 rings (SSSR count). The third kappa shape index (κ3) is 3.91. The largest absolute Gasteiger partial charge is 0.497 e. The Morgan fingerprint density at radius 2 is 1.66 bits per heavy atom. The van der Waals surface area contributed by atoms with Gasteiger partial charge in [0.2, 0.25) is 0 Å². The average molecular weight is 408 g/mol. The van der Waals surface area contributed by atoms with Crippen molar-refractivity contribution in [2.75, 3.05) is 7.11 Å². The van der Waals surface area contributed by atoms with Crippen molar-refractivity contribution in [3.05, 3.63) is 74.2 Å². The molecule has 1 N–H and O–H groups in total. The van der Waals surface area contributed by atoms with Gasteiger partial charge in [0.15, 0.2) is 17.5 Å². The Hall–Kier alpha value is -3.07. The number of rotatable bonds is 5. The van der Waals surface area contributed by atoms with Gasteiger partial charge in [0.25, 0.3) is 5.56 Å². The number of fused-ring (bicyclic) bond motifs is 1. The summed E-state index contributed by atoms with van der Waals surface area (Å²) in [5.41, 5.74) is -3.54. The number of hydrogen-bond donors (Lipinski definition) is 1. The van der Waals surface area contributed by atoms with E-state index in [1.807, 2.05) is 0 Å². The van der Waals surface area contributed by atoms with Gasteiger partial charge in [-0.1, -0.05) is 12.1 Å². The van der Waals surface area contributed by atoms with Crippen molar-refractivity contribution in [1.82, 2.24) is 9.13 Å². The molecule has 0 aliphatic rings. The highest BCUT2D eigenvalue weighted by Gasteiger charge is 2.25. The van der Waals surface area contributed by atoms with Crippen LogP contribution in [0.3, 0.4) is 0 Å². The van der Waals surface area contributed by atoms with Crippen molar-refractivity contribution in [2.45, 2.75) is 32.5 Å². The number of aliphatic hydroxyl groups is 1. The number of halogens is 3. The topological polar surface area (TPSA) is 73.5 Å². The standard InChI is InChI=1S/C20H19F3N2O4/c1-20(2,28)10-25-17-13(8-14(21)15(22)16(17)23)18(26)24(19(25)27)9-11-4-6-12(29-3)7-5-11/h4-8,28H,9-10H2,1-3H3. The second-order valence-corrected chi connectivity index (χ2v) is 7.30. The van der Waals surface area contributed by atoms with Crippen LogP contribution >= 0.6 is 0 Å². The third-order valence-corrected chi connectivity index (χ3v) is 4.39. The van der Waals surface area contributed by atoms with Crippen LogP contribution in [-0.4, -0.2) is 27.0 Å². The molecular weight excluding hydrogens is 389 g/mol. The van der Waals surface area contributed by atoms with E-state index in [0.29, 0.717) is 17.4 Å². The van der Waals surface area contributed by atoms with Crippen molar-refractivity contribution < 1.29 is 23.0 Å². The smallest absolute Gasteiger partial charge is 0.331 e. The Morgan fingerprint density at radius 1 is 1.03 bits per heavy atom. The van der Waals surface area contributed by atoms with Gasteiger partial charge in [-0.3, -0.25) is 13.9 Å². The van der Waals surface area contributed by atoms with Crippen LogP contribution < -0.4 is 16.0 Å².